The average Bonchev–Trinajstić information content (AvgIpc) is 2.34. The zero-order chi connectivity index (χ0) is 15.7. The molecule has 0 amide bonds. The molecule has 0 bridgehead atoms. The Balaban J connectivity index is 2.54. The smallest absolute Gasteiger partial charge is 0.230 e. The number of nitrogens with zero attached hydrogens (tertiary/aromatic N) is 1. The minimum Gasteiger partial charge on any atom is -0.437 e. The van der Waals surface area contributed by atoms with E-state index < -0.39 is 0 Å². The molecule has 2 rings (SSSR count). The van der Waals surface area contributed by atoms with Crippen molar-refractivity contribution >= 4 is 52.0 Å². The summed E-state index contributed by atoms with van der Waals surface area (Å²) in [5.41, 5.74) is 7.96. The fourth-order valence-electron chi connectivity index (χ4n) is 1.86. The van der Waals surface area contributed by atoms with Gasteiger partial charge in [-0.25, -0.2) is 4.98 Å². The molecule has 21 heavy (non-hydrogen) atoms. The molecule has 2 aromatic rings. The first-order valence-corrected chi connectivity index (χ1v) is 7.44. The molecular weight excluding hydrogens is 351 g/mol. The summed E-state index contributed by atoms with van der Waals surface area (Å²) in [6, 6.07) is 4.90. The van der Waals surface area contributed by atoms with Crippen molar-refractivity contribution in [2.45, 2.75) is 13.8 Å². The van der Waals surface area contributed by atoms with E-state index in [1.54, 1.807) is 0 Å². The van der Waals surface area contributed by atoms with Gasteiger partial charge in [0.15, 0.2) is 0 Å². The molecule has 0 fully saturated rings. The van der Waals surface area contributed by atoms with Gasteiger partial charge in [-0.05, 0) is 31.5 Å². The number of nitrogens with two attached hydrogens (primary N) is 1. The van der Waals surface area contributed by atoms with Gasteiger partial charge in [0.05, 0.1) is 20.6 Å². The maximum Gasteiger partial charge on any atom is 0.230 e. The zero-order valence-corrected chi connectivity index (χ0v) is 14.3. The molecule has 0 radical (unpaired) electrons. The van der Waals surface area contributed by atoms with E-state index in [-0.39, 0.29) is 4.99 Å². The third kappa shape index (κ3) is 3.58. The first-order valence-electron chi connectivity index (χ1n) is 5.90. The minimum absolute atomic E-state index is 0.200. The Kier molecular flexibility index (Phi) is 4.94. The van der Waals surface area contributed by atoms with Gasteiger partial charge in [-0.1, -0.05) is 47.0 Å². The van der Waals surface area contributed by atoms with Crippen LogP contribution in [0.25, 0.3) is 0 Å². The Morgan fingerprint density at radius 2 is 1.71 bits per heavy atom. The van der Waals surface area contributed by atoms with Crippen molar-refractivity contribution in [3.8, 4) is 11.6 Å². The van der Waals surface area contributed by atoms with Gasteiger partial charge in [-0.15, -0.1) is 0 Å². The van der Waals surface area contributed by atoms with E-state index in [1.165, 1.54) is 12.1 Å². The van der Waals surface area contributed by atoms with Crippen LogP contribution in [0.1, 0.15) is 16.8 Å². The highest BCUT2D eigenvalue weighted by Crippen LogP contribution is 2.37. The third-order valence-electron chi connectivity index (χ3n) is 2.74. The number of halogens is 3. The number of pyridine rings is 1. The molecule has 2 N–H and O–H groups in total. The second-order valence-corrected chi connectivity index (χ2v) is 6.09. The largest absolute Gasteiger partial charge is 0.437 e. The summed E-state index contributed by atoms with van der Waals surface area (Å²) in [4.78, 5) is 4.52. The molecule has 0 atom stereocenters. The van der Waals surface area contributed by atoms with Crippen LogP contribution < -0.4 is 10.5 Å². The summed E-state index contributed by atoms with van der Waals surface area (Å²) in [6.45, 7) is 3.73. The Bertz CT molecular complexity index is 735. The first kappa shape index (κ1) is 16.3. The Labute approximate surface area is 143 Å². The van der Waals surface area contributed by atoms with Crippen molar-refractivity contribution in [3.63, 3.8) is 0 Å². The molecule has 0 aliphatic heterocycles. The van der Waals surface area contributed by atoms with Gasteiger partial charge < -0.3 is 10.5 Å². The molecule has 0 saturated heterocycles. The monoisotopic (exact) mass is 360 g/mol. The van der Waals surface area contributed by atoms with Crippen LogP contribution in [0, 0.1) is 13.8 Å². The van der Waals surface area contributed by atoms with Gasteiger partial charge in [0.1, 0.15) is 10.7 Å². The van der Waals surface area contributed by atoms with Crippen LogP contribution in [0.15, 0.2) is 18.2 Å². The number of thiocarbonyl (C=S) groups is 1. The lowest BCUT2D eigenvalue weighted by molar-refractivity contribution is 0.460. The highest BCUT2D eigenvalue weighted by atomic mass is 35.5. The quantitative estimate of drug-likeness (QED) is 0.611. The number of benzene rings is 1. The molecule has 0 aliphatic carbocycles. The van der Waals surface area contributed by atoms with Gasteiger partial charge in [-0.3, -0.25) is 0 Å². The molecule has 1 aromatic heterocycles. The van der Waals surface area contributed by atoms with Gasteiger partial charge in [0.25, 0.3) is 0 Å². The maximum absolute atomic E-state index is 6.10. The SMILES string of the molecule is Cc1cc(C)c(C(N)=S)c(Oc2cc(Cl)c(Cl)cc2Cl)n1. The maximum atomic E-state index is 6.10. The van der Waals surface area contributed by atoms with Crippen LogP contribution in [0.5, 0.6) is 11.6 Å². The van der Waals surface area contributed by atoms with Crippen molar-refractivity contribution in [1.29, 1.82) is 0 Å². The van der Waals surface area contributed by atoms with E-state index >= 15 is 0 Å². The summed E-state index contributed by atoms with van der Waals surface area (Å²) in [5.74, 6) is 0.626. The molecule has 110 valence electrons. The van der Waals surface area contributed by atoms with Crippen LogP contribution >= 0.6 is 47.0 Å². The highest BCUT2D eigenvalue weighted by Gasteiger charge is 2.16. The lowest BCUT2D eigenvalue weighted by Gasteiger charge is -2.14. The Hall–Kier alpha value is -1.07. The highest BCUT2D eigenvalue weighted by molar-refractivity contribution is 7.80. The molecule has 0 aliphatic rings. The molecule has 7 heteroatoms. The average molecular weight is 362 g/mol. The summed E-state index contributed by atoms with van der Waals surface area (Å²) in [6.07, 6.45) is 0. The van der Waals surface area contributed by atoms with Crippen molar-refractivity contribution < 1.29 is 4.74 Å². The van der Waals surface area contributed by atoms with E-state index in [4.69, 9.17) is 57.5 Å². The van der Waals surface area contributed by atoms with E-state index in [2.05, 4.69) is 4.98 Å². The lowest BCUT2D eigenvalue weighted by Crippen LogP contribution is -2.14. The van der Waals surface area contributed by atoms with Crippen molar-refractivity contribution in [3.05, 3.63) is 50.1 Å². The zero-order valence-electron chi connectivity index (χ0n) is 11.2. The second kappa shape index (κ2) is 6.36. The van der Waals surface area contributed by atoms with Crippen LogP contribution in [0.2, 0.25) is 15.1 Å². The first-order chi connectivity index (χ1) is 9.79. The van der Waals surface area contributed by atoms with Gasteiger partial charge in [0, 0.05) is 11.8 Å². The van der Waals surface area contributed by atoms with E-state index in [9.17, 15) is 0 Å². The van der Waals surface area contributed by atoms with Gasteiger partial charge >= 0.3 is 0 Å². The topological polar surface area (TPSA) is 48.1 Å². The number of rotatable bonds is 3. The molecule has 1 heterocycles. The Morgan fingerprint density at radius 1 is 1.10 bits per heavy atom. The van der Waals surface area contributed by atoms with Crippen molar-refractivity contribution in [1.82, 2.24) is 4.98 Å². The van der Waals surface area contributed by atoms with Crippen LogP contribution in [0.3, 0.4) is 0 Å². The van der Waals surface area contributed by atoms with E-state index in [0.717, 1.165) is 11.3 Å². The molecular formula is C14H11Cl3N2OS. The van der Waals surface area contributed by atoms with E-state index in [0.29, 0.717) is 32.3 Å². The minimum atomic E-state index is 0.200. The molecule has 1 aromatic carbocycles. The van der Waals surface area contributed by atoms with Crippen LogP contribution in [-0.2, 0) is 0 Å². The summed E-state index contributed by atoms with van der Waals surface area (Å²) >= 11 is 23.0. The normalized spacial score (nSPS) is 10.5. The number of hydrogen-bond acceptors (Lipinski definition) is 3. The van der Waals surface area contributed by atoms with Crippen molar-refractivity contribution in [2.24, 2.45) is 5.73 Å². The third-order valence-corrected chi connectivity index (χ3v) is 3.96. The summed E-state index contributed by atoms with van der Waals surface area (Å²) in [7, 11) is 0. The lowest BCUT2D eigenvalue weighted by atomic mass is 10.1. The molecule has 0 spiro atoms. The number of hydrogen-bond donors (Lipinski definition) is 1. The van der Waals surface area contributed by atoms with Crippen molar-refractivity contribution in [2.75, 3.05) is 0 Å². The van der Waals surface area contributed by atoms with Gasteiger partial charge in [0.2, 0.25) is 5.88 Å². The fourth-order valence-corrected chi connectivity index (χ4v) is 2.69. The summed E-state index contributed by atoms with van der Waals surface area (Å²) < 4.78 is 5.75. The number of ether oxygens (including phenoxy) is 1. The fraction of sp³-hybridized carbons (Fsp3) is 0.143. The second-order valence-electron chi connectivity index (χ2n) is 4.42. The van der Waals surface area contributed by atoms with E-state index in [1.807, 2.05) is 19.9 Å². The molecule has 0 saturated carbocycles. The predicted molar refractivity (Wildman–Crippen MR) is 91.1 cm³/mol. The number of aryl methyl sites for hydroxylation is 2. The number of aromatic nitrogens is 1. The predicted octanol–water partition coefficient (Wildman–Crippen LogP) is 5.09. The Morgan fingerprint density at radius 3 is 2.33 bits per heavy atom. The van der Waals surface area contributed by atoms with Gasteiger partial charge in [-0.2, -0.15) is 0 Å². The van der Waals surface area contributed by atoms with Crippen LogP contribution in [0.4, 0.5) is 0 Å². The van der Waals surface area contributed by atoms with Crippen LogP contribution in [-0.4, -0.2) is 9.97 Å². The molecule has 0 unspecified atom stereocenters. The summed E-state index contributed by atoms with van der Waals surface area (Å²) in [5, 5.41) is 0.994. The standard InChI is InChI=1S/C14H11Cl3N2OS/c1-6-3-7(2)19-14(12(6)13(18)21)20-11-5-9(16)8(15)4-10(11)17/h3-5H,1-2H3,(H2,18,21). The molecule has 3 nitrogen and oxygen atoms in total.